The van der Waals surface area contributed by atoms with Gasteiger partial charge in [-0.05, 0) is 54.4 Å². The van der Waals surface area contributed by atoms with Crippen molar-refractivity contribution in [2.75, 3.05) is 6.61 Å². The van der Waals surface area contributed by atoms with E-state index in [4.69, 9.17) is 4.74 Å². The summed E-state index contributed by atoms with van der Waals surface area (Å²) in [5.41, 5.74) is 1.51. The maximum atomic E-state index is 14.9. The van der Waals surface area contributed by atoms with Crippen molar-refractivity contribution in [2.45, 2.75) is 90.9 Å². The van der Waals surface area contributed by atoms with E-state index < -0.39 is 11.6 Å². The van der Waals surface area contributed by atoms with E-state index in [0.717, 1.165) is 37.4 Å². The molecule has 0 bridgehead atoms. The zero-order chi connectivity index (χ0) is 22.8. The number of hydrogen-bond donors (Lipinski definition) is 0. The number of unbranched alkanes of at least 4 members (excludes halogenated alkanes) is 3. The quantitative estimate of drug-likeness (QED) is 0.298. The number of benzene rings is 2. The summed E-state index contributed by atoms with van der Waals surface area (Å²) in [4.78, 5) is 0. The molecule has 1 fully saturated rings. The highest BCUT2D eigenvalue weighted by Gasteiger charge is 2.22. The van der Waals surface area contributed by atoms with E-state index in [-0.39, 0.29) is 0 Å². The molecule has 2 aromatic carbocycles. The molecule has 0 unspecified atom stereocenters. The van der Waals surface area contributed by atoms with Gasteiger partial charge in [-0.3, -0.25) is 0 Å². The van der Waals surface area contributed by atoms with Crippen molar-refractivity contribution < 1.29 is 13.5 Å². The van der Waals surface area contributed by atoms with Gasteiger partial charge in [-0.2, -0.15) is 0 Å². The normalized spacial score (nSPS) is 18.6. The summed E-state index contributed by atoms with van der Waals surface area (Å²) < 4.78 is 35.4. The molecule has 0 heterocycles. The number of hydrogen-bond acceptors (Lipinski definition) is 1. The van der Waals surface area contributed by atoms with Gasteiger partial charge in [0, 0.05) is 5.56 Å². The van der Waals surface area contributed by atoms with Crippen molar-refractivity contribution in [3.05, 3.63) is 53.6 Å². The SMILES string of the molecule is CCCCCOc1ccc(-c2ccc(CCC3CCC(CCCC)CC3)c(F)c2F)cc1. The van der Waals surface area contributed by atoms with E-state index in [1.54, 1.807) is 12.1 Å². The Labute approximate surface area is 193 Å². The molecule has 1 nitrogen and oxygen atoms in total. The molecule has 0 radical (unpaired) electrons. The molecule has 0 N–H and O–H groups in total. The van der Waals surface area contributed by atoms with Crippen LogP contribution < -0.4 is 4.74 Å². The van der Waals surface area contributed by atoms with Crippen molar-refractivity contribution in [2.24, 2.45) is 11.8 Å². The van der Waals surface area contributed by atoms with E-state index in [2.05, 4.69) is 13.8 Å². The van der Waals surface area contributed by atoms with Crippen LogP contribution >= 0.6 is 0 Å². The van der Waals surface area contributed by atoms with Gasteiger partial charge in [-0.1, -0.05) is 95.9 Å². The Morgan fingerprint density at radius 3 is 2.06 bits per heavy atom. The molecule has 1 aliphatic rings. The third kappa shape index (κ3) is 7.05. The van der Waals surface area contributed by atoms with E-state index in [9.17, 15) is 8.78 Å². The molecule has 0 saturated heterocycles. The number of halogens is 2. The highest BCUT2D eigenvalue weighted by molar-refractivity contribution is 5.65. The molecule has 32 heavy (non-hydrogen) atoms. The molecule has 0 atom stereocenters. The molecule has 2 aromatic rings. The van der Waals surface area contributed by atoms with Gasteiger partial charge in [0.15, 0.2) is 11.6 Å². The topological polar surface area (TPSA) is 9.23 Å². The van der Waals surface area contributed by atoms with Crippen LogP contribution in [0.2, 0.25) is 0 Å². The Morgan fingerprint density at radius 1 is 0.750 bits per heavy atom. The second kappa shape index (κ2) is 13.0. The highest BCUT2D eigenvalue weighted by Crippen LogP contribution is 2.35. The molecule has 3 rings (SSSR count). The largest absolute Gasteiger partial charge is 0.494 e. The van der Waals surface area contributed by atoms with E-state index in [1.165, 1.54) is 44.9 Å². The molecule has 0 spiro atoms. The smallest absolute Gasteiger partial charge is 0.166 e. The van der Waals surface area contributed by atoms with Crippen LogP contribution in [0.4, 0.5) is 8.78 Å². The van der Waals surface area contributed by atoms with Gasteiger partial charge in [0.1, 0.15) is 5.75 Å². The van der Waals surface area contributed by atoms with Crippen molar-refractivity contribution in [1.29, 1.82) is 0 Å². The van der Waals surface area contributed by atoms with Crippen molar-refractivity contribution >= 4 is 0 Å². The van der Waals surface area contributed by atoms with Gasteiger partial charge in [0.05, 0.1) is 6.61 Å². The Balaban J connectivity index is 1.54. The Bertz CT molecular complexity index is 807. The Hall–Kier alpha value is -1.90. The summed E-state index contributed by atoms with van der Waals surface area (Å²) in [6.07, 6.45) is 14.0. The van der Waals surface area contributed by atoms with Crippen molar-refractivity contribution in [3.8, 4) is 16.9 Å². The van der Waals surface area contributed by atoms with Crippen LogP contribution in [0.3, 0.4) is 0 Å². The zero-order valence-corrected chi connectivity index (χ0v) is 20.0. The molecule has 176 valence electrons. The van der Waals surface area contributed by atoms with E-state index in [1.807, 2.05) is 24.3 Å². The Morgan fingerprint density at radius 2 is 1.41 bits per heavy atom. The fourth-order valence-corrected chi connectivity index (χ4v) is 4.94. The average molecular weight is 443 g/mol. The second-order valence-corrected chi connectivity index (χ2v) is 9.55. The lowest BCUT2D eigenvalue weighted by Crippen LogP contribution is -2.15. The molecule has 1 aliphatic carbocycles. The molecule has 3 heteroatoms. The van der Waals surface area contributed by atoms with E-state index >= 15 is 0 Å². The molecular weight excluding hydrogens is 402 g/mol. The van der Waals surface area contributed by atoms with Gasteiger partial charge in [-0.15, -0.1) is 0 Å². The summed E-state index contributed by atoms with van der Waals surface area (Å²) >= 11 is 0. The van der Waals surface area contributed by atoms with Crippen molar-refractivity contribution in [3.63, 3.8) is 0 Å². The monoisotopic (exact) mass is 442 g/mol. The van der Waals surface area contributed by atoms with Gasteiger partial charge < -0.3 is 4.74 Å². The molecular formula is C29H40F2O. The van der Waals surface area contributed by atoms with Crippen LogP contribution in [0.5, 0.6) is 5.75 Å². The first-order chi connectivity index (χ1) is 15.6. The Kier molecular flexibility index (Phi) is 10.0. The number of ether oxygens (including phenoxy) is 1. The van der Waals surface area contributed by atoms with E-state index in [0.29, 0.717) is 35.6 Å². The fraction of sp³-hybridized carbons (Fsp3) is 0.586. The third-order valence-corrected chi connectivity index (χ3v) is 7.10. The van der Waals surface area contributed by atoms with Gasteiger partial charge in [-0.25, -0.2) is 8.78 Å². The van der Waals surface area contributed by atoms with Gasteiger partial charge in [0.25, 0.3) is 0 Å². The lowest BCUT2D eigenvalue weighted by Gasteiger charge is -2.28. The summed E-state index contributed by atoms with van der Waals surface area (Å²) in [5.74, 6) is 0.890. The number of aryl methyl sites for hydroxylation is 1. The van der Waals surface area contributed by atoms with Crippen LogP contribution in [-0.2, 0) is 6.42 Å². The van der Waals surface area contributed by atoms with Crippen LogP contribution in [-0.4, -0.2) is 6.61 Å². The fourth-order valence-electron chi connectivity index (χ4n) is 4.94. The second-order valence-electron chi connectivity index (χ2n) is 9.55. The standard InChI is InChI=1S/C29H40F2O/c1-3-5-7-21-32-26-18-15-24(16-19-26)27-20-17-25(28(30)29(27)31)14-13-23-11-9-22(10-12-23)8-6-4-2/h15-20,22-23H,3-14,21H2,1-2H3. The van der Waals surface area contributed by atoms with Crippen LogP contribution in [0, 0.1) is 23.5 Å². The van der Waals surface area contributed by atoms with Crippen LogP contribution in [0.15, 0.2) is 36.4 Å². The lowest BCUT2D eigenvalue weighted by atomic mass is 9.78. The molecule has 0 aliphatic heterocycles. The summed E-state index contributed by atoms with van der Waals surface area (Å²) in [6, 6.07) is 10.8. The predicted octanol–water partition coefficient (Wildman–Crippen LogP) is 9.13. The minimum absolute atomic E-state index is 0.320. The minimum atomic E-state index is -0.734. The molecule has 0 aromatic heterocycles. The summed E-state index contributed by atoms with van der Waals surface area (Å²) in [6.45, 7) is 5.10. The summed E-state index contributed by atoms with van der Waals surface area (Å²) in [7, 11) is 0. The first kappa shape index (κ1) is 24.7. The first-order valence-corrected chi connectivity index (χ1v) is 12.8. The van der Waals surface area contributed by atoms with Crippen molar-refractivity contribution in [1.82, 2.24) is 0 Å². The van der Waals surface area contributed by atoms with Crippen LogP contribution in [0.1, 0.15) is 90.0 Å². The third-order valence-electron chi connectivity index (χ3n) is 7.10. The maximum Gasteiger partial charge on any atom is 0.166 e. The molecule has 0 amide bonds. The first-order valence-electron chi connectivity index (χ1n) is 12.8. The van der Waals surface area contributed by atoms with Crippen LogP contribution in [0.25, 0.3) is 11.1 Å². The molecule has 1 saturated carbocycles. The summed E-state index contributed by atoms with van der Waals surface area (Å²) in [5, 5.41) is 0. The highest BCUT2D eigenvalue weighted by atomic mass is 19.2. The van der Waals surface area contributed by atoms with Gasteiger partial charge in [0.2, 0.25) is 0 Å². The zero-order valence-electron chi connectivity index (χ0n) is 20.0. The number of rotatable bonds is 12. The van der Waals surface area contributed by atoms with Gasteiger partial charge >= 0.3 is 0 Å². The minimum Gasteiger partial charge on any atom is -0.494 e. The maximum absolute atomic E-state index is 14.9. The lowest BCUT2D eigenvalue weighted by molar-refractivity contribution is 0.249. The average Bonchev–Trinajstić information content (AvgIpc) is 2.83. The predicted molar refractivity (Wildman–Crippen MR) is 130 cm³/mol.